The number of hydrogen-bond donors (Lipinski definition) is 1. The quantitative estimate of drug-likeness (QED) is 0.852. The molecule has 0 bridgehead atoms. The molecule has 1 heterocycles. The molecule has 108 valence electrons. The number of fused-ring (bicyclic) bond motifs is 1. The maximum atomic E-state index is 12.0. The third-order valence-electron chi connectivity index (χ3n) is 3.26. The van der Waals surface area contributed by atoms with Gasteiger partial charge < -0.3 is 14.3 Å². The number of esters is 1. The molecule has 0 aliphatic heterocycles. The topological polar surface area (TPSA) is 59.7 Å². The molecule has 0 aliphatic carbocycles. The maximum absolute atomic E-state index is 12.0. The van der Waals surface area contributed by atoms with Gasteiger partial charge in [-0.3, -0.25) is 4.79 Å². The van der Waals surface area contributed by atoms with Gasteiger partial charge in [0, 0.05) is 10.8 Å². The number of furan rings is 1. The number of benzene rings is 1. The Morgan fingerprint density at radius 1 is 1.40 bits per heavy atom. The Balaban J connectivity index is 2.06. The fourth-order valence-electron chi connectivity index (χ4n) is 1.77. The Hall–Kier alpha value is -1.81. The van der Waals surface area contributed by atoms with Gasteiger partial charge in [-0.1, -0.05) is 32.0 Å². The summed E-state index contributed by atoms with van der Waals surface area (Å²) in [7, 11) is 0. The highest BCUT2D eigenvalue weighted by molar-refractivity contribution is 5.82. The van der Waals surface area contributed by atoms with Crippen molar-refractivity contribution in [2.75, 3.05) is 13.2 Å². The normalized spacial score (nSPS) is 13.4. The molecule has 0 fully saturated rings. The highest BCUT2D eigenvalue weighted by atomic mass is 16.5. The summed E-state index contributed by atoms with van der Waals surface area (Å²) in [6.45, 7) is 5.59. The molecule has 1 atom stereocenters. The van der Waals surface area contributed by atoms with Crippen LogP contribution in [0.15, 0.2) is 34.7 Å². The predicted octanol–water partition coefficient (Wildman–Crippen LogP) is 3.10. The van der Waals surface area contributed by atoms with E-state index in [1.807, 2.05) is 44.2 Å². The van der Waals surface area contributed by atoms with E-state index in [0.29, 0.717) is 5.76 Å². The SMILES string of the molecule is C[C@@H](C(=O)OCC(C)(C)CO)c1cc2ccccc2o1. The van der Waals surface area contributed by atoms with Gasteiger partial charge in [-0.25, -0.2) is 0 Å². The number of para-hydroxylation sites is 1. The van der Waals surface area contributed by atoms with Gasteiger partial charge in [-0.05, 0) is 19.1 Å². The largest absolute Gasteiger partial charge is 0.464 e. The molecule has 0 saturated carbocycles. The molecule has 0 saturated heterocycles. The molecule has 0 spiro atoms. The lowest BCUT2D eigenvalue weighted by molar-refractivity contribution is -0.149. The molecule has 1 aromatic carbocycles. The van der Waals surface area contributed by atoms with Gasteiger partial charge in [0.15, 0.2) is 0 Å². The van der Waals surface area contributed by atoms with Gasteiger partial charge in [-0.15, -0.1) is 0 Å². The molecule has 1 aromatic heterocycles. The summed E-state index contributed by atoms with van der Waals surface area (Å²) in [5.74, 6) is -0.208. The zero-order valence-corrected chi connectivity index (χ0v) is 12.1. The highest BCUT2D eigenvalue weighted by Gasteiger charge is 2.24. The van der Waals surface area contributed by atoms with E-state index < -0.39 is 11.3 Å². The minimum Gasteiger partial charge on any atom is -0.464 e. The monoisotopic (exact) mass is 276 g/mol. The third-order valence-corrected chi connectivity index (χ3v) is 3.26. The van der Waals surface area contributed by atoms with Gasteiger partial charge in [0.25, 0.3) is 0 Å². The van der Waals surface area contributed by atoms with Crippen molar-refractivity contribution in [2.45, 2.75) is 26.7 Å². The first-order chi connectivity index (χ1) is 9.43. The Morgan fingerprint density at radius 3 is 2.75 bits per heavy atom. The first-order valence-corrected chi connectivity index (χ1v) is 6.69. The van der Waals surface area contributed by atoms with Crippen molar-refractivity contribution in [2.24, 2.45) is 5.41 Å². The van der Waals surface area contributed by atoms with E-state index in [2.05, 4.69) is 0 Å². The molecule has 2 aromatic rings. The number of aliphatic hydroxyl groups excluding tert-OH is 1. The van der Waals surface area contributed by atoms with Gasteiger partial charge in [0.2, 0.25) is 0 Å². The summed E-state index contributed by atoms with van der Waals surface area (Å²) in [6, 6.07) is 9.48. The summed E-state index contributed by atoms with van der Waals surface area (Å²) in [5, 5.41) is 10.1. The van der Waals surface area contributed by atoms with Crippen LogP contribution in [-0.4, -0.2) is 24.3 Å². The lowest BCUT2D eigenvalue weighted by atomic mass is 9.96. The predicted molar refractivity (Wildman–Crippen MR) is 76.5 cm³/mol. The molecule has 1 N–H and O–H groups in total. The van der Waals surface area contributed by atoms with Gasteiger partial charge in [0.05, 0.1) is 13.2 Å². The van der Waals surface area contributed by atoms with Crippen LogP contribution in [0, 0.1) is 5.41 Å². The maximum Gasteiger partial charge on any atom is 0.316 e. The number of carbonyl (C=O) groups is 1. The summed E-state index contributed by atoms with van der Waals surface area (Å²) >= 11 is 0. The van der Waals surface area contributed by atoms with Crippen molar-refractivity contribution in [3.8, 4) is 0 Å². The summed E-state index contributed by atoms with van der Waals surface area (Å²) in [4.78, 5) is 12.0. The molecule has 20 heavy (non-hydrogen) atoms. The van der Waals surface area contributed by atoms with E-state index in [4.69, 9.17) is 14.3 Å². The van der Waals surface area contributed by atoms with Crippen LogP contribution >= 0.6 is 0 Å². The molecule has 4 heteroatoms. The molecular formula is C16H20O4. The van der Waals surface area contributed by atoms with Crippen LogP contribution in [0.3, 0.4) is 0 Å². The summed E-state index contributed by atoms with van der Waals surface area (Å²) < 4.78 is 10.9. The molecule has 0 aliphatic rings. The molecule has 0 unspecified atom stereocenters. The second kappa shape index (κ2) is 5.67. The second-order valence-corrected chi connectivity index (χ2v) is 5.84. The first kappa shape index (κ1) is 14.6. The number of rotatable bonds is 5. The van der Waals surface area contributed by atoms with E-state index in [1.165, 1.54) is 0 Å². The zero-order valence-electron chi connectivity index (χ0n) is 12.1. The highest BCUT2D eigenvalue weighted by Crippen LogP contribution is 2.26. The first-order valence-electron chi connectivity index (χ1n) is 6.69. The van der Waals surface area contributed by atoms with Crippen LogP contribution in [0.5, 0.6) is 0 Å². The fraction of sp³-hybridized carbons (Fsp3) is 0.438. The van der Waals surface area contributed by atoms with Crippen LogP contribution in [0.2, 0.25) is 0 Å². The lowest BCUT2D eigenvalue weighted by Crippen LogP contribution is -2.27. The number of aliphatic hydroxyl groups is 1. The molecule has 0 radical (unpaired) electrons. The molecule has 2 rings (SSSR count). The molecular weight excluding hydrogens is 256 g/mol. The van der Waals surface area contributed by atoms with E-state index in [9.17, 15) is 4.79 Å². The van der Waals surface area contributed by atoms with Crippen LogP contribution in [0.25, 0.3) is 11.0 Å². The average Bonchev–Trinajstić information content (AvgIpc) is 2.87. The van der Waals surface area contributed by atoms with Crippen molar-refractivity contribution in [1.29, 1.82) is 0 Å². The standard InChI is InChI=1S/C16H20O4/c1-11(15(18)19-10-16(2,3)9-17)14-8-12-6-4-5-7-13(12)20-14/h4-8,11,17H,9-10H2,1-3H3/t11-/m1/s1. The van der Waals surface area contributed by atoms with Crippen molar-refractivity contribution in [3.05, 3.63) is 36.1 Å². The average molecular weight is 276 g/mol. The number of carbonyl (C=O) groups excluding carboxylic acids is 1. The Labute approximate surface area is 118 Å². The minimum absolute atomic E-state index is 0.0285. The number of ether oxygens (including phenoxy) is 1. The smallest absolute Gasteiger partial charge is 0.316 e. The van der Waals surface area contributed by atoms with Crippen molar-refractivity contribution < 1.29 is 19.1 Å². The second-order valence-electron chi connectivity index (χ2n) is 5.84. The third kappa shape index (κ3) is 3.20. The van der Waals surface area contributed by atoms with E-state index in [0.717, 1.165) is 11.0 Å². The fourth-order valence-corrected chi connectivity index (χ4v) is 1.77. The van der Waals surface area contributed by atoms with Crippen LogP contribution < -0.4 is 0 Å². The van der Waals surface area contributed by atoms with Crippen molar-refractivity contribution in [3.63, 3.8) is 0 Å². The van der Waals surface area contributed by atoms with Gasteiger partial charge in [0.1, 0.15) is 17.3 Å². The van der Waals surface area contributed by atoms with Crippen LogP contribution in [-0.2, 0) is 9.53 Å². The summed E-state index contributed by atoms with van der Waals surface area (Å²) in [5.41, 5.74) is 0.335. The van der Waals surface area contributed by atoms with E-state index in [1.54, 1.807) is 6.92 Å². The van der Waals surface area contributed by atoms with Crippen LogP contribution in [0.4, 0.5) is 0 Å². The Kier molecular flexibility index (Phi) is 4.14. The Bertz CT molecular complexity index is 564. The molecule has 4 nitrogen and oxygen atoms in total. The Morgan fingerprint density at radius 2 is 2.10 bits per heavy atom. The van der Waals surface area contributed by atoms with Crippen LogP contribution in [0.1, 0.15) is 32.4 Å². The minimum atomic E-state index is -0.461. The van der Waals surface area contributed by atoms with Gasteiger partial charge in [-0.2, -0.15) is 0 Å². The lowest BCUT2D eigenvalue weighted by Gasteiger charge is -2.21. The zero-order chi connectivity index (χ0) is 14.8. The molecule has 0 amide bonds. The summed E-state index contributed by atoms with van der Waals surface area (Å²) in [6.07, 6.45) is 0. The number of hydrogen-bond acceptors (Lipinski definition) is 4. The van der Waals surface area contributed by atoms with E-state index >= 15 is 0 Å². The van der Waals surface area contributed by atoms with Gasteiger partial charge >= 0.3 is 5.97 Å². The van der Waals surface area contributed by atoms with Crippen molar-refractivity contribution >= 4 is 16.9 Å². The van der Waals surface area contributed by atoms with E-state index in [-0.39, 0.29) is 19.2 Å². The van der Waals surface area contributed by atoms with Crippen molar-refractivity contribution in [1.82, 2.24) is 0 Å².